The predicted octanol–water partition coefficient (Wildman–Crippen LogP) is 3.75. The van der Waals surface area contributed by atoms with Gasteiger partial charge in [0.1, 0.15) is 5.52 Å². The van der Waals surface area contributed by atoms with Gasteiger partial charge in [-0.05, 0) is 38.1 Å². The van der Waals surface area contributed by atoms with Crippen LogP contribution in [0.15, 0.2) is 30.6 Å². The van der Waals surface area contributed by atoms with Crippen molar-refractivity contribution in [3.63, 3.8) is 0 Å². The van der Waals surface area contributed by atoms with E-state index in [-0.39, 0.29) is 17.8 Å². The molecule has 126 valence electrons. The molecule has 9 heteroatoms. The van der Waals surface area contributed by atoms with E-state index in [0.29, 0.717) is 16.9 Å². The number of hydrogen-bond acceptors (Lipinski definition) is 5. The fraction of sp³-hybridized carbons (Fsp3) is 0.267. The molecule has 0 saturated heterocycles. The maximum Gasteiger partial charge on any atom is 0.416 e. The number of anilines is 3. The second kappa shape index (κ2) is 5.66. The highest BCUT2D eigenvalue weighted by Gasteiger charge is 2.29. The number of nitrogens with zero attached hydrogens (tertiary/aromatic N) is 4. The van der Waals surface area contributed by atoms with E-state index in [2.05, 4.69) is 20.3 Å². The van der Waals surface area contributed by atoms with Gasteiger partial charge in [-0.25, -0.2) is 4.98 Å². The van der Waals surface area contributed by atoms with Crippen molar-refractivity contribution >= 4 is 28.6 Å². The largest absolute Gasteiger partial charge is 0.416 e. The van der Waals surface area contributed by atoms with E-state index in [1.54, 1.807) is 6.33 Å². The first kappa shape index (κ1) is 16.0. The van der Waals surface area contributed by atoms with Crippen LogP contribution in [0.4, 0.5) is 30.6 Å². The topological polar surface area (TPSA) is 81.7 Å². The van der Waals surface area contributed by atoms with Crippen LogP contribution in [0.3, 0.4) is 0 Å². The number of nitrogens with one attached hydrogen (secondary N) is 1. The van der Waals surface area contributed by atoms with E-state index in [1.165, 1.54) is 12.1 Å². The molecular formula is C15H15F3N6. The summed E-state index contributed by atoms with van der Waals surface area (Å²) in [6.45, 7) is 3.95. The Kier molecular flexibility index (Phi) is 3.78. The number of aromatic nitrogens is 4. The highest BCUT2D eigenvalue weighted by atomic mass is 19.4. The van der Waals surface area contributed by atoms with E-state index in [4.69, 9.17) is 5.73 Å². The lowest BCUT2D eigenvalue weighted by Crippen LogP contribution is -2.06. The van der Waals surface area contributed by atoms with E-state index in [1.807, 2.05) is 18.4 Å². The Morgan fingerprint density at radius 3 is 2.38 bits per heavy atom. The summed E-state index contributed by atoms with van der Waals surface area (Å²) in [5.74, 6) is 0.399. The van der Waals surface area contributed by atoms with Gasteiger partial charge in [0.2, 0.25) is 5.95 Å². The molecule has 0 unspecified atom stereocenters. The molecule has 0 fully saturated rings. The predicted molar refractivity (Wildman–Crippen MR) is 84.8 cm³/mol. The third kappa shape index (κ3) is 2.97. The molecule has 2 aromatic heterocycles. The quantitative estimate of drug-likeness (QED) is 0.761. The minimum atomic E-state index is -4.37. The van der Waals surface area contributed by atoms with Crippen LogP contribution in [-0.4, -0.2) is 19.5 Å². The Bertz CT molecular complexity index is 867. The van der Waals surface area contributed by atoms with E-state index in [9.17, 15) is 13.2 Å². The lowest BCUT2D eigenvalue weighted by atomic mass is 10.2. The second-order valence-corrected chi connectivity index (χ2v) is 5.55. The minimum Gasteiger partial charge on any atom is -0.382 e. The normalized spacial score (nSPS) is 12.1. The molecule has 0 radical (unpaired) electrons. The number of hydrogen-bond donors (Lipinski definition) is 2. The van der Waals surface area contributed by atoms with E-state index >= 15 is 0 Å². The first-order valence-corrected chi connectivity index (χ1v) is 7.20. The van der Waals surface area contributed by atoms with Crippen LogP contribution in [0.2, 0.25) is 0 Å². The first-order valence-electron chi connectivity index (χ1n) is 7.20. The van der Waals surface area contributed by atoms with Gasteiger partial charge in [0.05, 0.1) is 11.9 Å². The Hall–Kier alpha value is -2.84. The number of nitrogen functional groups attached to an aromatic ring is 1. The monoisotopic (exact) mass is 336 g/mol. The zero-order chi connectivity index (χ0) is 17.5. The number of fused-ring (bicyclic) bond motifs is 1. The van der Waals surface area contributed by atoms with Crippen molar-refractivity contribution in [3.8, 4) is 0 Å². The zero-order valence-corrected chi connectivity index (χ0v) is 13.0. The van der Waals surface area contributed by atoms with Crippen LogP contribution in [0, 0.1) is 0 Å². The molecule has 6 nitrogen and oxygen atoms in total. The Morgan fingerprint density at radius 1 is 1.12 bits per heavy atom. The maximum absolute atomic E-state index is 12.6. The van der Waals surface area contributed by atoms with Gasteiger partial charge in [-0.2, -0.15) is 23.1 Å². The third-order valence-corrected chi connectivity index (χ3v) is 3.47. The van der Waals surface area contributed by atoms with Crippen LogP contribution in [0.1, 0.15) is 25.5 Å². The van der Waals surface area contributed by atoms with Gasteiger partial charge in [0.15, 0.2) is 11.5 Å². The first-order chi connectivity index (χ1) is 11.3. The van der Waals surface area contributed by atoms with Crippen LogP contribution in [-0.2, 0) is 6.18 Å². The molecule has 0 atom stereocenters. The maximum atomic E-state index is 12.6. The molecule has 3 N–H and O–H groups in total. The molecule has 0 aliphatic heterocycles. The third-order valence-electron chi connectivity index (χ3n) is 3.47. The van der Waals surface area contributed by atoms with E-state index in [0.717, 1.165) is 12.1 Å². The summed E-state index contributed by atoms with van der Waals surface area (Å²) in [5.41, 5.74) is 6.65. The van der Waals surface area contributed by atoms with Gasteiger partial charge in [-0.3, -0.25) is 0 Å². The van der Waals surface area contributed by atoms with Crippen molar-refractivity contribution in [2.45, 2.75) is 26.1 Å². The summed E-state index contributed by atoms with van der Waals surface area (Å²) >= 11 is 0. The van der Waals surface area contributed by atoms with Crippen molar-refractivity contribution in [2.24, 2.45) is 0 Å². The van der Waals surface area contributed by atoms with Crippen molar-refractivity contribution in [1.29, 1.82) is 0 Å². The van der Waals surface area contributed by atoms with Gasteiger partial charge in [-0.1, -0.05) is 0 Å². The molecular weight excluding hydrogens is 321 g/mol. The number of rotatable bonds is 3. The number of benzene rings is 1. The summed E-state index contributed by atoms with van der Waals surface area (Å²) in [5, 5.41) is 2.86. The second-order valence-electron chi connectivity index (χ2n) is 5.55. The molecule has 0 saturated carbocycles. The van der Waals surface area contributed by atoms with Crippen molar-refractivity contribution in [3.05, 3.63) is 36.2 Å². The summed E-state index contributed by atoms with van der Waals surface area (Å²) in [7, 11) is 0. The molecule has 0 amide bonds. The van der Waals surface area contributed by atoms with E-state index < -0.39 is 11.7 Å². The van der Waals surface area contributed by atoms with Gasteiger partial charge in [0, 0.05) is 11.7 Å². The molecule has 24 heavy (non-hydrogen) atoms. The fourth-order valence-electron chi connectivity index (χ4n) is 2.24. The number of nitrogens with two attached hydrogens (primary N) is 1. The Labute approximate surface area is 135 Å². The number of alkyl halides is 3. The molecule has 3 rings (SSSR count). The average molecular weight is 336 g/mol. The van der Waals surface area contributed by atoms with Crippen LogP contribution in [0.25, 0.3) is 11.2 Å². The summed E-state index contributed by atoms with van der Waals surface area (Å²) in [4.78, 5) is 12.6. The minimum absolute atomic E-state index is 0.128. The summed E-state index contributed by atoms with van der Waals surface area (Å²) in [6, 6.07) is 4.73. The smallest absolute Gasteiger partial charge is 0.382 e. The van der Waals surface area contributed by atoms with Crippen LogP contribution < -0.4 is 11.1 Å². The Balaban J connectivity index is 1.94. The highest BCUT2D eigenvalue weighted by molar-refractivity contribution is 5.83. The van der Waals surface area contributed by atoms with Crippen molar-refractivity contribution in [1.82, 2.24) is 19.5 Å². The standard InChI is InChI=1S/C15H15F3N6/c1-8(2)24-7-20-11-12(19)22-14(23-13(11)24)21-10-5-3-9(4-6-10)15(16,17)18/h3-8H,1-2H3,(H3,19,21,22,23). The molecule has 0 spiro atoms. The van der Waals surface area contributed by atoms with Gasteiger partial charge >= 0.3 is 6.18 Å². The summed E-state index contributed by atoms with van der Waals surface area (Å²) < 4.78 is 39.6. The van der Waals surface area contributed by atoms with Crippen LogP contribution >= 0.6 is 0 Å². The molecule has 0 aliphatic rings. The molecule has 0 bridgehead atoms. The SMILES string of the molecule is CC(C)n1cnc2c(N)nc(Nc3ccc(C(F)(F)F)cc3)nc21. The molecule has 2 heterocycles. The number of halogens is 3. The zero-order valence-electron chi connectivity index (χ0n) is 13.0. The van der Waals surface area contributed by atoms with Gasteiger partial charge in [0.25, 0.3) is 0 Å². The average Bonchev–Trinajstić information content (AvgIpc) is 2.91. The number of imidazole rings is 1. The summed E-state index contributed by atoms with van der Waals surface area (Å²) in [6.07, 6.45) is -2.75. The molecule has 0 aliphatic carbocycles. The fourth-order valence-corrected chi connectivity index (χ4v) is 2.24. The van der Waals surface area contributed by atoms with Crippen molar-refractivity contribution in [2.75, 3.05) is 11.1 Å². The molecule has 3 aromatic rings. The lowest BCUT2D eigenvalue weighted by Gasteiger charge is -2.10. The van der Waals surface area contributed by atoms with Gasteiger partial charge in [-0.15, -0.1) is 0 Å². The molecule has 1 aromatic carbocycles. The highest BCUT2D eigenvalue weighted by Crippen LogP contribution is 2.30. The van der Waals surface area contributed by atoms with Crippen LogP contribution in [0.5, 0.6) is 0 Å². The lowest BCUT2D eigenvalue weighted by molar-refractivity contribution is -0.137. The Morgan fingerprint density at radius 2 is 1.79 bits per heavy atom. The van der Waals surface area contributed by atoms with Gasteiger partial charge < -0.3 is 15.6 Å². The van der Waals surface area contributed by atoms with Crippen molar-refractivity contribution < 1.29 is 13.2 Å².